The van der Waals surface area contributed by atoms with Crippen molar-refractivity contribution >= 4 is 17.6 Å². The van der Waals surface area contributed by atoms with E-state index in [9.17, 15) is 9.90 Å². The number of hydrogen-bond donors (Lipinski definition) is 2. The SMILES string of the molecule is COC(CNC(=O)N(C)CCC(C)O)c1cccc(Cl)c1. The number of amides is 2. The van der Waals surface area contributed by atoms with Crippen molar-refractivity contribution in [1.82, 2.24) is 10.2 Å². The number of aliphatic hydroxyl groups excluding tert-OH is 1. The second-order valence-electron chi connectivity index (χ2n) is 5.02. The van der Waals surface area contributed by atoms with Crippen molar-refractivity contribution in [1.29, 1.82) is 0 Å². The molecular formula is C15H23ClN2O3. The van der Waals surface area contributed by atoms with Crippen LogP contribution in [0.5, 0.6) is 0 Å². The average molecular weight is 315 g/mol. The number of carbonyl (C=O) groups is 1. The van der Waals surface area contributed by atoms with E-state index >= 15 is 0 Å². The summed E-state index contributed by atoms with van der Waals surface area (Å²) in [6, 6.07) is 7.17. The fourth-order valence-corrected chi connectivity index (χ4v) is 2.04. The Kier molecular flexibility index (Phi) is 7.50. The van der Waals surface area contributed by atoms with Crippen molar-refractivity contribution in [2.45, 2.75) is 25.6 Å². The van der Waals surface area contributed by atoms with Crippen LogP contribution in [0.25, 0.3) is 0 Å². The molecule has 1 aromatic carbocycles. The quantitative estimate of drug-likeness (QED) is 0.812. The van der Waals surface area contributed by atoms with E-state index in [4.69, 9.17) is 16.3 Å². The fraction of sp³-hybridized carbons (Fsp3) is 0.533. The summed E-state index contributed by atoms with van der Waals surface area (Å²) in [5.74, 6) is 0. The molecular weight excluding hydrogens is 292 g/mol. The number of aliphatic hydroxyl groups is 1. The van der Waals surface area contributed by atoms with Gasteiger partial charge in [-0.25, -0.2) is 4.79 Å². The summed E-state index contributed by atoms with van der Waals surface area (Å²) in [7, 11) is 3.29. The van der Waals surface area contributed by atoms with Crippen LogP contribution in [0.1, 0.15) is 25.0 Å². The highest BCUT2D eigenvalue weighted by Crippen LogP contribution is 2.19. The lowest BCUT2D eigenvalue weighted by Crippen LogP contribution is -2.40. The van der Waals surface area contributed by atoms with Gasteiger partial charge >= 0.3 is 6.03 Å². The predicted molar refractivity (Wildman–Crippen MR) is 83.5 cm³/mol. The summed E-state index contributed by atoms with van der Waals surface area (Å²) >= 11 is 5.96. The molecule has 2 unspecified atom stereocenters. The van der Waals surface area contributed by atoms with E-state index in [1.807, 2.05) is 18.2 Å². The molecule has 0 aliphatic heterocycles. The van der Waals surface area contributed by atoms with E-state index in [2.05, 4.69) is 5.32 Å². The van der Waals surface area contributed by atoms with Crippen molar-refractivity contribution in [3.05, 3.63) is 34.9 Å². The van der Waals surface area contributed by atoms with Crippen molar-refractivity contribution in [3.8, 4) is 0 Å². The number of benzene rings is 1. The van der Waals surface area contributed by atoms with Gasteiger partial charge in [0.05, 0.1) is 12.2 Å². The van der Waals surface area contributed by atoms with Gasteiger partial charge in [-0.3, -0.25) is 0 Å². The second-order valence-corrected chi connectivity index (χ2v) is 5.46. The zero-order chi connectivity index (χ0) is 15.8. The molecule has 1 aromatic rings. The lowest BCUT2D eigenvalue weighted by Gasteiger charge is -2.21. The predicted octanol–water partition coefficient (Wildman–Crippen LogP) is 2.44. The molecule has 1 rings (SSSR count). The highest BCUT2D eigenvalue weighted by Gasteiger charge is 2.14. The van der Waals surface area contributed by atoms with Crippen LogP contribution in [-0.2, 0) is 4.74 Å². The Bertz CT molecular complexity index is 454. The van der Waals surface area contributed by atoms with Gasteiger partial charge in [-0.1, -0.05) is 23.7 Å². The molecule has 0 saturated heterocycles. The van der Waals surface area contributed by atoms with Gasteiger partial charge in [0.2, 0.25) is 0 Å². The first kappa shape index (κ1) is 17.8. The topological polar surface area (TPSA) is 61.8 Å². The Labute approximate surface area is 130 Å². The van der Waals surface area contributed by atoms with Gasteiger partial charge in [-0.2, -0.15) is 0 Å². The lowest BCUT2D eigenvalue weighted by atomic mass is 10.1. The first-order chi connectivity index (χ1) is 9.93. The molecule has 5 nitrogen and oxygen atoms in total. The molecule has 2 N–H and O–H groups in total. The average Bonchev–Trinajstić information content (AvgIpc) is 2.45. The monoisotopic (exact) mass is 314 g/mol. The molecule has 0 heterocycles. The number of halogens is 1. The summed E-state index contributed by atoms with van der Waals surface area (Å²) in [5.41, 5.74) is 0.914. The van der Waals surface area contributed by atoms with Crippen molar-refractivity contribution in [2.75, 3.05) is 27.2 Å². The molecule has 2 amide bonds. The number of nitrogens with zero attached hydrogens (tertiary/aromatic N) is 1. The third-order valence-corrected chi connectivity index (χ3v) is 3.41. The Morgan fingerprint density at radius 1 is 1.52 bits per heavy atom. The van der Waals surface area contributed by atoms with Gasteiger partial charge in [0.25, 0.3) is 0 Å². The minimum absolute atomic E-state index is 0.195. The molecule has 21 heavy (non-hydrogen) atoms. The van der Waals surface area contributed by atoms with Crippen molar-refractivity contribution in [3.63, 3.8) is 0 Å². The molecule has 0 aromatic heterocycles. The molecule has 0 aliphatic carbocycles. The smallest absolute Gasteiger partial charge is 0.317 e. The maximum absolute atomic E-state index is 11.9. The molecule has 0 bridgehead atoms. The van der Waals surface area contributed by atoms with Crippen LogP contribution in [0, 0.1) is 0 Å². The third kappa shape index (κ3) is 6.33. The van der Waals surface area contributed by atoms with Crippen LogP contribution in [0.4, 0.5) is 4.79 Å². The zero-order valence-corrected chi connectivity index (χ0v) is 13.4. The van der Waals surface area contributed by atoms with E-state index in [1.165, 1.54) is 4.90 Å². The molecule has 0 fully saturated rings. The molecule has 118 valence electrons. The summed E-state index contributed by atoms with van der Waals surface area (Å²) < 4.78 is 5.39. The van der Waals surface area contributed by atoms with E-state index in [-0.39, 0.29) is 12.1 Å². The largest absolute Gasteiger partial charge is 0.393 e. The molecule has 0 saturated carbocycles. The minimum Gasteiger partial charge on any atom is -0.393 e. The first-order valence-electron chi connectivity index (χ1n) is 6.89. The zero-order valence-electron chi connectivity index (χ0n) is 12.7. The number of carbonyl (C=O) groups excluding carboxylic acids is 1. The fourth-order valence-electron chi connectivity index (χ4n) is 1.84. The maximum Gasteiger partial charge on any atom is 0.317 e. The van der Waals surface area contributed by atoms with Crippen LogP contribution < -0.4 is 5.32 Å². The number of nitrogens with one attached hydrogen (secondary N) is 1. The molecule has 0 spiro atoms. The summed E-state index contributed by atoms with van der Waals surface area (Å²) in [6.45, 7) is 2.55. The van der Waals surface area contributed by atoms with Crippen LogP contribution in [0.2, 0.25) is 5.02 Å². The number of hydrogen-bond acceptors (Lipinski definition) is 3. The van der Waals surface area contributed by atoms with E-state index in [1.54, 1.807) is 27.1 Å². The first-order valence-corrected chi connectivity index (χ1v) is 7.27. The molecule has 2 atom stereocenters. The van der Waals surface area contributed by atoms with E-state index in [0.29, 0.717) is 24.5 Å². The number of urea groups is 1. The number of methoxy groups -OCH3 is 1. The van der Waals surface area contributed by atoms with E-state index in [0.717, 1.165) is 5.56 Å². The van der Waals surface area contributed by atoms with Gasteiger partial charge in [-0.15, -0.1) is 0 Å². The Hall–Kier alpha value is -1.30. The summed E-state index contributed by atoms with van der Waals surface area (Å²) in [4.78, 5) is 13.5. The van der Waals surface area contributed by atoms with Crippen molar-refractivity contribution < 1.29 is 14.6 Å². The highest BCUT2D eigenvalue weighted by molar-refractivity contribution is 6.30. The summed E-state index contributed by atoms with van der Waals surface area (Å²) in [5, 5.41) is 12.7. The lowest BCUT2D eigenvalue weighted by molar-refractivity contribution is 0.101. The van der Waals surface area contributed by atoms with Gasteiger partial charge in [-0.05, 0) is 31.0 Å². The normalized spacial score (nSPS) is 13.6. The van der Waals surface area contributed by atoms with Crippen molar-refractivity contribution in [2.24, 2.45) is 0 Å². The standard InChI is InChI=1S/C15H23ClN2O3/c1-11(19)7-8-18(2)15(20)17-10-14(21-3)12-5-4-6-13(16)9-12/h4-6,9,11,14,19H,7-8,10H2,1-3H3,(H,17,20). The van der Waals surface area contributed by atoms with Crippen LogP contribution >= 0.6 is 11.6 Å². The van der Waals surface area contributed by atoms with E-state index < -0.39 is 6.10 Å². The summed E-state index contributed by atoms with van der Waals surface area (Å²) in [6.07, 6.45) is -0.123. The minimum atomic E-state index is -0.418. The Morgan fingerprint density at radius 3 is 2.81 bits per heavy atom. The number of rotatable bonds is 7. The molecule has 6 heteroatoms. The highest BCUT2D eigenvalue weighted by atomic mass is 35.5. The Morgan fingerprint density at radius 2 is 2.24 bits per heavy atom. The van der Waals surface area contributed by atoms with Gasteiger partial charge in [0, 0.05) is 32.3 Å². The Balaban J connectivity index is 2.49. The molecule has 0 radical (unpaired) electrons. The van der Waals surface area contributed by atoms with Gasteiger partial charge in [0.1, 0.15) is 0 Å². The second kappa shape index (κ2) is 8.87. The van der Waals surface area contributed by atoms with Gasteiger partial charge in [0.15, 0.2) is 0 Å². The van der Waals surface area contributed by atoms with Crippen LogP contribution in [0.3, 0.4) is 0 Å². The van der Waals surface area contributed by atoms with Crippen LogP contribution in [0.15, 0.2) is 24.3 Å². The molecule has 0 aliphatic rings. The third-order valence-electron chi connectivity index (χ3n) is 3.17. The van der Waals surface area contributed by atoms with Gasteiger partial charge < -0.3 is 20.1 Å². The van der Waals surface area contributed by atoms with Crippen LogP contribution in [-0.4, -0.2) is 49.4 Å². The number of ether oxygens (including phenoxy) is 1. The maximum atomic E-state index is 11.9.